The Bertz CT molecular complexity index is 1930. The summed E-state index contributed by atoms with van der Waals surface area (Å²) in [6, 6.07) is 8.52. The molecule has 0 saturated heterocycles. The summed E-state index contributed by atoms with van der Waals surface area (Å²) in [4.78, 5) is 26.0. The Hall–Kier alpha value is -4.75. The minimum Gasteiger partial charge on any atom is -0.377 e. The molecule has 4 rings (SSSR count). The van der Waals surface area contributed by atoms with Crippen LogP contribution in [0.25, 0.3) is 17.0 Å². The largest absolute Gasteiger partial charge is 0.417 e. The number of hydrazone groups is 1. The van der Waals surface area contributed by atoms with E-state index in [1.165, 1.54) is 12.3 Å². The van der Waals surface area contributed by atoms with E-state index in [1.807, 2.05) is 13.1 Å². The van der Waals surface area contributed by atoms with Crippen molar-refractivity contribution in [2.45, 2.75) is 26.6 Å². The molecule has 0 unspecified atom stereocenters. The van der Waals surface area contributed by atoms with Gasteiger partial charge in [0.2, 0.25) is 5.78 Å². The van der Waals surface area contributed by atoms with Crippen molar-refractivity contribution in [1.29, 1.82) is 0 Å². The molecule has 4 N–H and O–H groups in total. The fourth-order valence-electron chi connectivity index (χ4n) is 4.31. The molecule has 2 heterocycles. The monoisotopic (exact) mass is 691 g/mol. The highest BCUT2D eigenvalue weighted by atomic mass is 32.3. The quantitative estimate of drug-likeness (QED) is 0.0539. The van der Waals surface area contributed by atoms with Crippen molar-refractivity contribution in [1.82, 2.24) is 14.4 Å². The molecule has 0 spiro atoms. The van der Waals surface area contributed by atoms with Crippen molar-refractivity contribution < 1.29 is 44.6 Å². The Morgan fingerprint density at radius 3 is 2.56 bits per heavy atom. The van der Waals surface area contributed by atoms with E-state index in [-0.39, 0.29) is 50.9 Å². The number of halogens is 3. The summed E-state index contributed by atoms with van der Waals surface area (Å²) in [5.41, 5.74) is 1.82. The number of anilines is 1. The Morgan fingerprint density at radius 2 is 1.83 bits per heavy atom. The van der Waals surface area contributed by atoms with Crippen molar-refractivity contribution in [3.8, 4) is 11.3 Å². The van der Waals surface area contributed by atoms with E-state index in [0.29, 0.717) is 28.3 Å². The average Bonchev–Trinajstić information content (AvgIpc) is 3.44. The molecule has 48 heavy (non-hydrogen) atoms. The molecule has 18 heteroatoms. The normalized spacial score (nSPS) is 12.7. The maximum absolute atomic E-state index is 14.1. The minimum absolute atomic E-state index is 0.0638. The second-order valence-electron chi connectivity index (χ2n) is 10.3. The molecule has 4 aromatic rings. The lowest BCUT2D eigenvalue weighted by Crippen LogP contribution is -2.19. The number of hydrogen-bond donors (Lipinski definition) is 3. The topological polar surface area (TPSA) is 192 Å². The molecular weight excluding hydrogens is 659 g/mol. The van der Waals surface area contributed by atoms with E-state index in [1.54, 1.807) is 41.9 Å². The van der Waals surface area contributed by atoms with Gasteiger partial charge < -0.3 is 20.6 Å². The fraction of sp³-hybridized carbons (Fsp3) is 0.300. The van der Waals surface area contributed by atoms with E-state index in [9.17, 15) is 26.4 Å². The predicted octanol–water partition coefficient (Wildman–Crippen LogP) is 4.02. The summed E-state index contributed by atoms with van der Waals surface area (Å²) in [6.45, 7) is 3.00. The van der Waals surface area contributed by atoms with Crippen LogP contribution in [0.4, 0.5) is 18.9 Å². The van der Waals surface area contributed by atoms with Crippen LogP contribution in [0.3, 0.4) is 0 Å². The van der Waals surface area contributed by atoms with Crippen molar-refractivity contribution in [2.75, 3.05) is 38.4 Å². The summed E-state index contributed by atoms with van der Waals surface area (Å²) >= 11 is 0. The highest BCUT2D eigenvalue weighted by Gasteiger charge is 2.35. The Balaban J connectivity index is 1.38. The maximum Gasteiger partial charge on any atom is 0.417 e. The number of ether oxygens (including phenoxy) is 2. The van der Waals surface area contributed by atoms with Gasteiger partial charge in [-0.1, -0.05) is 18.2 Å². The van der Waals surface area contributed by atoms with Gasteiger partial charge >= 0.3 is 16.6 Å². The second kappa shape index (κ2) is 15.9. The number of nitrogens with two attached hydrogens (primary N) is 1. The molecule has 256 valence electrons. The number of carbonyl (C=O) groups excluding carboxylic acids is 1. The number of carbonyl (C=O) groups is 1. The van der Waals surface area contributed by atoms with Crippen molar-refractivity contribution >= 4 is 39.7 Å². The smallest absolute Gasteiger partial charge is 0.377 e. The molecule has 0 bridgehead atoms. The third-order valence-corrected chi connectivity index (χ3v) is 7.08. The summed E-state index contributed by atoms with van der Waals surface area (Å²) in [7, 11) is -4.54. The lowest BCUT2D eigenvalue weighted by Gasteiger charge is -2.15. The van der Waals surface area contributed by atoms with Gasteiger partial charge in [0.1, 0.15) is 5.71 Å². The number of aromatic nitrogens is 3. The maximum atomic E-state index is 14.1. The van der Waals surface area contributed by atoms with Crippen LogP contribution >= 0.6 is 0 Å². The van der Waals surface area contributed by atoms with E-state index in [0.717, 1.165) is 17.7 Å². The Kier molecular flexibility index (Phi) is 12.0. The van der Waals surface area contributed by atoms with Gasteiger partial charge in [-0.25, -0.2) is 14.2 Å². The van der Waals surface area contributed by atoms with Gasteiger partial charge in [0.05, 0.1) is 56.4 Å². The van der Waals surface area contributed by atoms with E-state index < -0.39 is 33.6 Å². The van der Waals surface area contributed by atoms with Gasteiger partial charge in [-0.05, 0) is 48.7 Å². The van der Waals surface area contributed by atoms with Crippen molar-refractivity contribution in [3.05, 3.63) is 82.8 Å². The van der Waals surface area contributed by atoms with Crippen LogP contribution in [0.2, 0.25) is 0 Å². The average molecular weight is 692 g/mol. The number of nitrogens with one attached hydrogen (secondary N) is 1. The van der Waals surface area contributed by atoms with E-state index >= 15 is 0 Å². The molecule has 0 radical (unpaired) electrons. The first kappa shape index (κ1) is 36.1. The molecule has 0 saturated carbocycles. The fourth-order valence-corrected chi connectivity index (χ4v) is 4.59. The molecule has 0 aliphatic carbocycles. The molecule has 0 aliphatic rings. The number of aliphatic imine (C=N–C) groups is 1. The first-order chi connectivity index (χ1) is 22.7. The number of nitrogens with zero attached hydrogens (tertiary/aromatic N) is 5. The van der Waals surface area contributed by atoms with Crippen LogP contribution in [0.1, 0.15) is 32.6 Å². The lowest BCUT2D eigenvalue weighted by molar-refractivity contribution is -0.137. The number of amides is 1. The van der Waals surface area contributed by atoms with Gasteiger partial charge in [-0.2, -0.15) is 26.7 Å². The third-order valence-electron chi connectivity index (χ3n) is 6.62. The number of imidazole rings is 1. The molecule has 14 nitrogen and oxygen atoms in total. The van der Waals surface area contributed by atoms with Crippen molar-refractivity contribution in [2.24, 2.45) is 15.9 Å². The SMILES string of the molecule is Cc1cnc2nc(-c3ccc(C)c(NC(=O)c4ccc(CN=C/C(COCCOCCOS(=O)(=O)O)=N\N)cc4C(F)(F)F)c3)cn2c1. The van der Waals surface area contributed by atoms with Gasteiger partial charge in [0, 0.05) is 36.1 Å². The van der Waals surface area contributed by atoms with Crippen LogP contribution in [0, 0.1) is 13.8 Å². The van der Waals surface area contributed by atoms with Crippen LogP contribution in [0.15, 0.2) is 65.1 Å². The summed E-state index contributed by atoms with van der Waals surface area (Å²) in [5.74, 6) is 4.88. The molecule has 0 atom stereocenters. The minimum atomic E-state index is -4.83. The molecule has 0 fully saturated rings. The Labute approximate surface area is 273 Å². The molecule has 1 amide bonds. The van der Waals surface area contributed by atoms with Gasteiger partial charge in [-0.15, -0.1) is 0 Å². The van der Waals surface area contributed by atoms with Gasteiger partial charge in [0.15, 0.2) is 0 Å². The Morgan fingerprint density at radius 1 is 1.08 bits per heavy atom. The summed E-state index contributed by atoms with van der Waals surface area (Å²) in [5, 5.41) is 6.13. The predicted molar refractivity (Wildman–Crippen MR) is 170 cm³/mol. The highest BCUT2D eigenvalue weighted by Crippen LogP contribution is 2.34. The van der Waals surface area contributed by atoms with Gasteiger partial charge in [0.25, 0.3) is 5.91 Å². The van der Waals surface area contributed by atoms with Crippen LogP contribution in [-0.2, 0) is 36.8 Å². The highest BCUT2D eigenvalue weighted by molar-refractivity contribution is 7.80. The molecular formula is C30H32F3N7O7S. The molecule has 2 aromatic heterocycles. The summed E-state index contributed by atoms with van der Waals surface area (Å²) in [6.07, 6.45) is 1.74. The zero-order chi connectivity index (χ0) is 34.9. The lowest BCUT2D eigenvalue weighted by atomic mass is 10.0. The third kappa shape index (κ3) is 10.4. The number of fused-ring (bicyclic) bond motifs is 1. The van der Waals surface area contributed by atoms with Crippen LogP contribution < -0.4 is 11.2 Å². The number of rotatable bonds is 15. The first-order valence-electron chi connectivity index (χ1n) is 14.2. The molecule has 0 aliphatic heterocycles. The standard InChI is InChI=1S/C30H32F3N7O7S/c1-19-13-36-29-38-27(17-40(29)16-19)22-5-3-20(2)26(12-22)37-28(41)24-6-4-21(11-25(24)30(31,32)33)14-35-15-23(39-34)18-46-8-7-45-9-10-47-48(42,43)44/h3-6,11-13,15-17H,7-10,14,18,34H2,1-2H3,(H,37,41)(H,42,43,44)/b35-15?,39-23+. The molecule has 2 aromatic carbocycles. The second-order valence-corrected chi connectivity index (χ2v) is 11.4. The van der Waals surface area contributed by atoms with Gasteiger partial charge in [-0.3, -0.25) is 18.7 Å². The van der Waals surface area contributed by atoms with Crippen molar-refractivity contribution in [3.63, 3.8) is 0 Å². The van der Waals surface area contributed by atoms with Crippen LogP contribution in [0.5, 0.6) is 0 Å². The summed E-state index contributed by atoms with van der Waals surface area (Å²) < 4.78 is 87.9. The number of alkyl halides is 3. The van der Waals surface area contributed by atoms with E-state index in [4.69, 9.17) is 19.9 Å². The first-order valence-corrected chi connectivity index (χ1v) is 15.6. The number of hydrogen-bond acceptors (Lipinski definition) is 11. The number of aryl methyl sites for hydroxylation is 2. The van der Waals surface area contributed by atoms with Crippen LogP contribution in [-0.4, -0.2) is 78.2 Å². The zero-order valence-electron chi connectivity index (χ0n) is 25.8. The zero-order valence-corrected chi connectivity index (χ0v) is 26.6. The van der Waals surface area contributed by atoms with E-state index in [2.05, 4.69) is 29.6 Å². The number of benzene rings is 2.